The standard InChI is InChI=1S/C17H19NO4/c1-20-11-12-21-13-17(19)18-14-7-9-16(10-8-14)22-15-5-3-2-4-6-15/h2-10H,11-13H2,1H3,(H,18,19). The molecule has 2 aromatic rings. The predicted molar refractivity (Wildman–Crippen MR) is 84.3 cm³/mol. The molecule has 0 heterocycles. The average Bonchev–Trinajstić information content (AvgIpc) is 2.54. The Bertz CT molecular complexity index is 569. The number of methoxy groups -OCH3 is 1. The van der Waals surface area contributed by atoms with E-state index >= 15 is 0 Å². The molecule has 0 aliphatic heterocycles. The van der Waals surface area contributed by atoms with E-state index in [4.69, 9.17) is 14.2 Å². The highest BCUT2D eigenvalue weighted by Gasteiger charge is 2.03. The lowest BCUT2D eigenvalue weighted by Gasteiger charge is -2.08. The normalized spacial score (nSPS) is 10.2. The Hall–Kier alpha value is -2.37. The van der Waals surface area contributed by atoms with Crippen molar-refractivity contribution in [1.82, 2.24) is 0 Å². The van der Waals surface area contributed by atoms with Crippen LogP contribution in [0.1, 0.15) is 0 Å². The smallest absolute Gasteiger partial charge is 0.250 e. The summed E-state index contributed by atoms with van der Waals surface area (Å²) in [6.45, 7) is 0.873. The van der Waals surface area contributed by atoms with Gasteiger partial charge in [-0.15, -0.1) is 0 Å². The van der Waals surface area contributed by atoms with Gasteiger partial charge in [-0.3, -0.25) is 4.79 Å². The number of carbonyl (C=O) groups excluding carboxylic acids is 1. The lowest BCUT2D eigenvalue weighted by Crippen LogP contribution is -2.19. The minimum absolute atomic E-state index is 0.00558. The van der Waals surface area contributed by atoms with E-state index in [0.717, 1.165) is 5.75 Å². The average molecular weight is 301 g/mol. The molecule has 1 N–H and O–H groups in total. The molecule has 0 aliphatic carbocycles. The second-order valence-electron chi connectivity index (χ2n) is 4.53. The molecule has 0 unspecified atom stereocenters. The predicted octanol–water partition coefficient (Wildman–Crippen LogP) is 3.08. The first-order valence-corrected chi connectivity index (χ1v) is 6.97. The summed E-state index contributed by atoms with van der Waals surface area (Å²) < 4.78 is 15.7. The third-order valence-corrected chi connectivity index (χ3v) is 2.78. The highest BCUT2D eigenvalue weighted by atomic mass is 16.5. The zero-order chi connectivity index (χ0) is 15.6. The molecule has 0 spiro atoms. The lowest BCUT2D eigenvalue weighted by molar-refractivity contribution is -0.121. The van der Waals surface area contributed by atoms with Crippen LogP contribution in [0, 0.1) is 0 Å². The largest absolute Gasteiger partial charge is 0.457 e. The molecule has 0 atom stereocenters. The summed E-state index contributed by atoms with van der Waals surface area (Å²) >= 11 is 0. The number of para-hydroxylation sites is 1. The molecule has 22 heavy (non-hydrogen) atoms. The van der Waals surface area contributed by atoms with Crippen molar-refractivity contribution in [1.29, 1.82) is 0 Å². The maximum Gasteiger partial charge on any atom is 0.250 e. The molecule has 5 heteroatoms. The maximum absolute atomic E-state index is 11.6. The Morgan fingerprint density at radius 1 is 0.955 bits per heavy atom. The fourth-order valence-electron chi connectivity index (χ4n) is 1.74. The molecule has 0 bridgehead atoms. The van der Waals surface area contributed by atoms with Gasteiger partial charge in [0.2, 0.25) is 5.91 Å². The summed E-state index contributed by atoms with van der Waals surface area (Å²) in [5, 5.41) is 2.75. The van der Waals surface area contributed by atoms with E-state index in [2.05, 4.69) is 5.32 Å². The van der Waals surface area contributed by atoms with Crippen LogP contribution in [0.2, 0.25) is 0 Å². The van der Waals surface area contributed by atoms with Crippen LogP contribution in [0.25, 0.3) is 0 Å². The first kappa shape index (κ1) is 16.0. The summed E-state index contributed by atoms with van der Waals surface area (Å²) in [5.74, 6) is 1.28. The SMILES string of the molecule is COCCOCC(=O)Nc1ccc(Oc2ccccc2)cc1. The van der Waals surface area contributed by atoms with Crippen molar-refractivity contribution in [3.8, 4) is 11.5 Å². The van der Waals surface area contributed by atoms with Crippen LogP contribution >= 0.6 is 0 Å². The monoisotopic (exact) mass is 301 g/mol. The number of hydrogen-bond acceptors (Lipinski definition) is 4. The number of nitrogens with one attached hydrogen (secondary N) is 1. The van der Waals surface area contributed by atoms with Crippen molar-refractivity contribution in [2.24, 2.45) is 0 Å². The molecule has 2 rings (SSSR count). The van der Waals surface area contributed by atoms with Crippen LogP contribution in [0.5, 0.6) is 11.5 Å². The van der Waals surface area contributed by atoms with E-state index in [9.17, 15) is 4.79 Å². The quantitative estimate of drug-likeness (QED) is 0.761. The third kappa shape index (κ3) is 5.55. The van der Waals surface area contributed by atoms with Crippen molar-refractivity contribution in [3.05, 3.63) is 54.6 Å². The zero-order valence-corrected chi connectivity index (χ0v) is 12.5. The van der Waals surface area contributed by atoms with Crippen LogP contribution < -0.4 is 10.1 Å². The van der Waals surface area contributed by atoms with E-state index < -0.39 is 0 Å². The van der Waals surface area contributed by atoms with Crippen molar-refractivity contribution in [2.75, 3.05) is 32.2 Å². The van der Waals surface area contributed by atoms with Gasteiger partial charge < -0.3 is 19.5 Å². The Balaban J connectivity index is 1.80. The molecule has 5 nitrogen and oxygen atoms in total. The molecule has 2 aromatic carbocycles. The molecular weight excluding hydrogens is 282 g/mol. The molecule has 0 aromatic heterocycles. The zero-order valence-electron chi connectivity index (χ0n) is 12.5. The first-order chi connectivity index (χ1) is 10.8. The van der Waals surface area contributed by atoms with Gasteiger partial charge in [-0.05, 0) is 36.4 Å². The second-order valence-corrected chi connectivity index (χ2v) is 4.53. The number of benzene rings is 2. The minimum Gasteiger partial charge on any atom is -0.457 e. The summed E-state index contributed by atoms with van der Waals surface area (Å²) in [6.07, 6.45) is 0. The van der Waals surface area contributed by atoms with Crippen LogP contribution in [0.3, 0.4) is 0 Å². The summed E-state index contributed by atoms with van der Waals surface area (Å²) in [5.41, 5.74) is 0.695. The van der Waals surface area contributed by atoms with E-state index in [1.165, 1.54) is 0 Å². The summed E-state index contributed by atoms with van der Waals surface area (Å²) in [4.78, 5) is 11.6. The lowest BCUT2D eigenvalue weighted by atomic mass is 10.3. The van der Waals surface area contributed by atoms with E-state index in [-0.39, 0.29) is 12.5 Å². The molecule has 0 aliphatic rings. The van der Waals surface area contributed by atoms with E-state index in [1.54, 1.807) is 31.4 Å². The van der Waals surface area contributed by atoms with Gasteiger partial charge in [0.25, 0.3) is 0 Å². The van der Waals surface area contributed by atoms with Crippen LogP contribution in [0.15, 0.2) is 54.6 Å². The number of amides is 1. The van der Waals surface area contributed by atoms with Gasteiger partial charge >= 0.3 is 0 Å². The number of carbonyl (C=O) groups is 1. The molecule has 1 amide bonds. The van der Waals surface area contributed by atoms with E-state index in [1.807, 2.05) is 30.3 Å². The van der Waals surface area contributed by atoms with Gasteiger partial charge in [-0.2, -0.15) is 0 Å². The van der Waals surface area contributed by atoms with E-state index in [0.29, 0.717) is 24.7 Å². The number of rotatable bonds is 8. The first-order valence-electron chi connectivity index (χ1n) is 6.97. The summed E-state index contributed by atoms with van der Waals surface area (Å²) in [7, 11) is 1.59. The van der Waals surface area contributed by atoms with Crippen LogP contribution in [-0.4, -0.2) is 32.8 Å². The van der Waals surface area contributed by atoms with Crippen molar-refractivity contribution in [2.45, 2.75) is 0 Å². The van der Waals surface area contributed by atoms with Crippen LogP contribution in [0.4, 0.5) is 5.69 Å². The fraction of sp³-hybridized carbons (Fsp3) is 0.235. The van der Waals surface area contributed by atoms with Gasteiger partial charge in [-0.25, -0.2) is 0 Å². The molecule has 0 saturated heterocycles. The molecule has 0 saturated carbocycles. The molecule has 116 valence electrons. The van der Waals surface area contributed by atoms with Gasteiger partial charge in [0.1, 0.15) is 18.1 Å². The Kier molecular flexibility index (Phi) is 6.41. The van der Waals surface area contributed by atoms with Gasteiger partial charge in [0.05, 0.1) is 13.2 Å². The third-order valence-electron chi connectivity index (χ3n) is 2.78. The number of anilines is 1. The molecule has 0 fully saturated rings. The molecular formula is C17H19NO4. The maximum atomic E-state index is 11.6. The second kappa shape index (κ2) is 8.81. The number of hydrogen-bond donors (Lipinski definition) is 1. The topological polar surface area (TPSA) is 56.8 Å². The molecule has 0 radical (unpaired) electrons. The number of ether oxygens (including phenoxy) is 3. The van der Waals surface area contributed by atoms with Crippen molar-refractivity contribution >= 4 is 11.6 Å². The Morgan fingerprint density at radius 3 is 2.32 bits per heavy atom. The fourth-order valence-corrected chi connectivity index (χ4v) is 1.74. The Labute approximate surface area is 129 Å². The van der Waals surface area contributed by atoms with Crippen molar-refractivity contribution < 1.29 is 19.0 Å². The highest BCUT2D eigenvalue weighted by molar-refractivity contribution is 5.91. The van der Waals surface area contributed by atoms with Gasteiger partial charge in [-0.1, -0.05) is 18.2 Å². The van der Waals surface area contributed by atoms with Crippen molar-refractivity contribution in [3.63, 3.8) is 0 Å². The highest BCUT2D eigenvalue weighted by Crippen LogP contribution is 2.22. The van der Waals surface area contributed by atoms with Gasteiger partial charge in [0, 0.05) is 12.8 Å². The van der Waals surface area contributed by atoms with Gasteiger partial charge in [0.15, 0.2) is 0 Å². The summed E-state index contributed by atoms with van der Waals surface area (Å²) in [6, 6.07) is 16.7. The van der Waals surface area contributed by atoms with Crippen LogP contribution in [-0.2, 0) is 14.3 Å². The Morgan fingerprint density at radius 2 is 1.64 bits per heavy atom. The minimum atomic E-state index is -0.201.